The molecule has 8 aromatic carbocycles. The molecule has 0 unspecified atom stereocenters. The molecule has 4 nitrogen and oxygen atoms in total. The van der Waals surface area contributed by atoms with Crippen LogP contribution in [0.1, 0.15) is 25.0 Å². The Morgan fingerprint density at radius 3 is 1.67 bits per heavy atom. The molecule has 4 heteroatoms. The van der Waals surface area contributed by atoms with Crippen molar-refractivity contribution in [3.8, 4) is 73.2 Å². The molecule has 2 aromatic heterocycles. The third-order valence-electron chi connectivity index (χ3n) is 11.8. The molecule has 0 atom stereocenters. The van der Waals surface area contributed by atoms with Gasteiger partial charge in [-0.15, -0.1) is 0 Å². The van der Waals surface area contributed by atoms with E-state index >= 15 is 0 Å². The lowest BCUT2D eigenvalue weighted by Gasteiger charge is -2.22. The number of hydrogen-bond acceptors (Lipinski definition) is 3. The van der Waals surface area contributed by atoms with Gasteiger partial charge in [0, 0.05) is 44.1 Å². The van der Waals surface area contributed by atoms with Gasteiger partial charge in [0.05, 0.1) is 11.0 Å². The quantitative estimate of drug-likeness (QED) is 0.170. The van der Waals surface area contributed by atoms with Gasteiger partial charge in [-0.05, 0) is 69.3 Å². The van der Waals surface area contributed by atoms with Gasteiger partial charge < -0.3 is 4.57 Å². The minimum atomic E-state index is -0.0614. The maximum atomic E-state index is 5.06. The highest BCUT2D eigenvalue weighted by Gasteiger charge is 2.35. The molecular formula is C54H38N4. The number of rotatable bonds is 6. The molecule has 0 spiro atoms. The maximum absolute atomic E-state index is 5.06. The van der Waals surface area contributed by atoms with Crippen LogP contribution in [0.5, 0.6) is 0 Å². The number of aromatic nitrogens is 4. The third kappa shape index (κ3) is 5.48. The molecule has 0 bridgehead atoms. The molecule has 0 fully saturated rings. The standard InChI is InChI=1S/C54H38N4/c1-54(2)47-28-11-9-24-43(47)44-31-30-38(34-48(44)54)37-20-13-21-39(32-37)42-26-15-27-46-45-25-10-12-29-49(45)58(50(42)46)41-23-14-22-40(33-41)53-56-51(35-16-5-3-6-17-35)55-52(57-53)36-18-7-4-8-19-36/h3-34H,1-2H3. The molecule has 0 saturated carbocycles. The smallest absolute Gasteiger partial charge is 0.164 e. The highest BCUT2D eigenvalue weighted by atomic mass is 15.0. The van der Waals surface area contributed by atoms with Crippen LogP contribution in [-0.4, -0.2) is 19.5 Å². The zero-order valence-electron chi connectivity index (χ0n) is 32.3. The van der Waals surface area contributed by atoms with E-state index < -0.39 is 0 Å². The second-order valence-electron chi connectivity index (χ2n) is 15.7. The van der Waals surface area contributed by atoms with E-state index in [9.17, 15) is 0 Å². The fourth-order valence-electron chi connectivity index (χ4n) is 8.99. The van der Waals surface area contributed by atoms with Crippen molar-refractivity contribution in [2.24, 2.45) is 0 Å². The second-order valence-corrected chi connectivity index (χ2v) is 15.7. The molecule has 1 aliphatic carbocycles. The summed E-state index contributed by atoms with van der Waals surface area (Å²) in [6.45, 7) is 4.69. The fraction of sp³-hybridized carbons (Fsp3) is 0.0556. The van der Waals surface area contributed by atoms with Crippen molar-refractivity contribution in [1.29, 1.82) is 0 Å². The summed E-state index contributed by atoms with van der Waals surface area (Å²) in [6.07, 6.45) is 0. The summed E-state index contributed by atoms with van der Waals surface area (Å²) in [7, 11) is 0. The van der Waals surface area contributed by atoms with E-state index in [1.165, 1.54) is 55.3 Å². The van der Waals surface area contributed by atoms with Crippen LogP contribution in [0.2, 0.25) is 0 Å². The molecule has 0 amide bonds. The van der Waals surface area contributed by atoms with Crippen LogP contribution in [0.4, 0.5) is 0 Å². The lowest BCUT2D eigenvalue weighted by Crippen LogP contribution is -2.14. The third-order valence-corrected chi connectivity index (χ3v) is 11.8. The van der Waals surface area contributed by atoms with Crippen molar-refractivity contribution in [3.05, 3.63) is 205 Å². The Labute approximate surface area is 337 Å². The van der Waals surface area contributed by atoms with Crippen molar-refractivity contribution in [1.82, 2.24) is 19.5 Å². The van der Waals surface area contributed by atoms with E-state index in [1.807, 2.05) is 60.7 Å². The topological polar surface area (TPSA) is 43.6 Å². The summed E-state index contributed by atoms with van der Waals surface area (Å²) in [6, 6.07) is 69.1. The van der Waals surface area contributed by atoms with Crippen molar-refractivity contribution in [2.45, 2.75) is 19.3 Å². The highest BCUT2D eigenvalue weighted by molar-refractivity contribution is 6.14. The van der Waals surface area contributed by atoms with Gasteiger partial charge in [0.2, 0.25) is 0 Å². The minimum Gasteiger partial charge on any atom is -0.309 e. The first kappa shape index (κ1) is 33.9. The van der Waals surface area contributed by atoms with Gasteiger partial charge in [-0.25, -0.2) is 15.0 Å². The van der Waals surface area contributed by atoms with E-state index in [0.29, 0.717) is 17.5 Å². The first-order valence-corrected chi connectivity index (χ1v) is 19.9. The van der Waals surface area contributed by atoms with E-state index in [2.05, 4.69) is 152 Å². The predicted molar refractivity (Wildman–Crippen MR) is 239 cm³/mol. The maximum Gasteiger partial charge on any atom is 0.164 e. The van der Waals surface area contributed by atoms with Crippen molar-refractivity contribution < 1.29 is 0 Å². The van der Waals surface area contributed by atoms with Crippen LogP contribution < -0.4 is 0 Å². The summed E-state index contributed by atoms with van der Waals surface area (Å²) in [5, 5.41) is 2.41. The Balaban J connectivity index is 1.06. The Hall–Kier alpha value is -7.43. The Kier molecular flexibility index (Phi) is 7.80. The number of nitrogens with zero attached hydrogens (tertiary/aromatic N) is 4. The van der Waals surface area contributed by atoms with Crippen molar-refractivity contribution in [2.75, 3.05) is 0 Å². The molecule has 11 rings (SSSR count). The molecule has 1 aliphatic rings. The van der Waals surface area contributed by atoms with Gasteiger partial charge in [0.15, 0.2) is 17.5 Å². The fourth-order valence-corrected chi connectivity index (χ4v) is 8.99. The number of benzene rings is 8. The molecule has 58 heavy (non-hydrogen) atoms. The van der Waals surface area contributed by atoms with Gasteiger partial charge in [-0.1, -0.05) is 178 Å². The van der Waals surface area contributed by atoms with Crippen LogP contribution in [0.15, 0.2) is 194 Å². The van der Waals surface area contributed by atoms with E-state index in [1.54, 1.807) is 0 Å². The summed E-state index contributed by atoms with van der Waals surface area (Å²) in [5.41, 5.74) is 16.3. The number of hydrogen-bond donors (Lipinski definition) is 0. The zero-order chi connectivity index (χ0) is 38.8. The normalized spacial score (nSPS) is 12.8. The minimum absolute atomic E-state index is 0.0614. The summed E-state index contributed by atoms with van der Waals surface area (Å²) in [4.78, 5) is 15.1. The van der Waals surface area contributed by atoms with Crippen LogP contribution in [0.3, 0.4) is 0 Å². The average Bonchev–Trinajstić information content (AvgIpc) is 3.75. The molecule has 0 radical (unpaired) electrons. The Morgan fingerprint density at radius 1 is 0.362 bits per heavy atom. The van der Waals surface area contributed by atoms with Crippen LogP contribution in [0, 0.1) is 0 Å². The summed E-state index contributed by atoms with van der Waals surface area (Å²) < 4.78 is 2.41. The average molecular weight is 743 g/mol. The summed E-state index contributed by atoms with van der Waals surface area (Å²) in [5.74, 6) is 1.92. The number of para-hydroxylation sites is 2. The van der Waals surface area contributed by atoms with Gasteiger partial charge in [-0.2, -0.15) is 0 Å². The number of fused-ring (bicyclic) bond motifs is 6. The molecule has 10 aromatic rings. The van der Waals surface area contributed by atoms with Crippen LogP contribution >= 0.6 is 0 Å². The summed E-state index contributed by atoms with van der Waals surface area (Å²) >= 11 is 0. The molecular weight excluding hydrogens is 705 g/mol. The van der Waals surface area contributed by atoms with Gasteiger partial charge in [-0.3, -0.25) is 0 Å². The molecule has 2 heterocycles. The van der Waals surface area contributed by atoms with Crippen molar-refractivity contribution in [3.63, 3.8) is 0 Å². The molecule has 0 saturated heterocycles. The highest BCUT2D eigenvalue weighted by Crippen LogP contribution is 2.50. The van der Waals surface area contributed by atoms with Crippen molar-refractivity contribution >= 4 is 21.8 Å². The molecule has 0 aliphatic heterocycles. The first-order chi connectivity index (χ1) is 28.5. The molecule has 0 N–H and O–H groups in total. The van der Waals surface area contributed by atoms with E-state index in [4.69, 9.17) is 15.0 Å². The lowest BCUT2D eigenvalue weighted by atomic mass is 9.81. The van der Waals surface area contributed by atoms with E-state index in [-0.39, 0.29) is 5.41 Å². The SMILES string of the molecule is CC1(C)c2ccccc2-c2ccc(-c3cccc(-c4cccc5c6ccccc6n(-c6cccc(-c7nc(-c8ccccc8)nc(-c8ccccc8)n7)c6)c45)c3)cc21. The second kappa shape index (κ2) is 13.4. The molecule has 274 valence electrons. The van der Waals surface area contributed by atoms with E-state index in [0.717, 1.165) is 33.4 Å². The Bertz CT molecular complexity index is 3140. The van der Waals surface area contributed by atoms with Gasteiger partial charge in [0.1, 0.15) is 0 Å². The lowest BCUT2D eigenvalue weighted by molar-refractivity contribution is 0.660. The monoisotopic (exact) mass is 742 g/mol. The van der Waals surface area contributed by atoms with Gasteiger partial charge >= 0.3 is 0 Å². The van der Waals surface area contributed by atoms with Crippen LogP contribution in [0.25, 0.3) is 95.0 Å². The Morgan fingerprint density at radius 2 is 0.897 bits per heavy atom. The zero-order valence-corrected chi connectivity index (χ0v) is 32.3. The van der Waals surface area contributed by atoms with Crippen LogP contribution in [-0.2, 0) is 5.41 Å². The predicted octanol–water partition coefficient (Wildman–Crippen LogP) is 13.6. The first-order valence-electron chi connectivity index (χ1n) is 19.9. The van der Waals surface area contributed by atoms with Gasteiger partial charge in [0.25, 0.3) is 0 Å². The largest absolute Gasteiger partial charge is 0.309 e.